The highest BCUT2D eigenvalue weighted by Gasteiger charge is 2.41. The Balaban J connectivity index is 1.47. The lowest BCUT2D eigenvalue weighted by molar-refractivity contribution is 0.0178. The van der Waals surface area contributed by atoms with E-state index in [1.54, 1.807) is 18.2 Å². The Hall–Kier alpha value is -3.58. The van der Waals surface area contributed by atoms with Crippen molar-refractivity contribution >= 4 is 34.6 Å². The average Bonchev–Trinajstić information content (AvgIpc) is 3.43. The molecule has 0 aliphatic carbocycles. The highest BCUT2D eigenvalue weighted by Crippen LogP contribution is 2.37. The summed E-state index contributed by atoms with van der Waals surface area (Å²) in [5.74, 6) is -2.69. The zero-order valence-electron chi connectivity index (χ0n) is 43.4. The van der Waals surface area contributed by atoms with Crippen molar-refractivity contribution in [1.29, 1.82) is 0 Å². The van der Waals surface area contributed by atoms with Gasteiger partial charge in [0.05, 0.1) is 22.3 Å². The van der Waals surface area contributed by atoms with Gasteiger partial charge in [-0.2, -0.15) is 0 Å². The van der Waals surface area contributed by atoms with E-state index in [9.17, 15) is 19.2 Å². The molecule has 0 aromatic heterocycles. The molecular formula is C54H84N4O8. The van der Waals surface area contributed by atoms with E-state index < -0.39 is 48.3 Å². The van der Waals surface area contributed by atoms with Gasteiger partial charge in [-0.25, -0.2) is 19.2 Å². The molecule has 12 heteroatoms. The van der Waals surface area contributed by atoms with Crippen LogP contribution in [0.4, 0.5) is 0 Å². The van der Waals surface area contributed by atoms with E-state index in [2.05, 4.69) is 132 Å². The number of hydrogen-bond acceptors (Lipinski definition) is 12. The normalized spacial score (nSPS) is 28.5. The molecule has 0 amide bonds. The fourth-order valence-corrected chi connectivity index (χ4v) is 12.2. The van der Waals surface area contributed by atoms with Crippen molar-refractivity contribution in [3.05, 3.63) is 46.5 Å². The van der Waals surface area contributed by atoms with Crippen LogP contribution in [-0.4, -0.2) is 92.6 Å². The second kappa shape index (κ2) is 18.4. The Labute approximate surface area is 395 Å². The number of ether oxygens (including phenoxy) is 4. The SMILES string of the molecule is CC1(C)CCC(OC(=O)c2cc3ccc(C(=O)OC4CCC(C)(C)NC(C)(C)C4)c(C(=O)OC4CCC(C)(C)NC(C)(C)C4)c3cc2C(=O)OC2CCC(C)(C)NC(C)(C)C2)CC(C)(C)N1. The van der Waals surface area contributed by atoms with Gasteiger partial charge in [-0.15, -0.1) is 0 Å². The van der Waals surface area contributed by atoms with Crippen LogP contribution < -0.4 is 21.3 Å². The fraction of sp³-hybridized carbons (Fsp3) is 0.741. The number of carbonyl (C=O) groups is 4. The van der Waals surface area contributed by atoms with Gasteiger partial charge < -0.3 is 40.2 Å². The average molecular weight is 917 g/mol. The molecule has 368 valence electrons. The van der Waals surface area contributed by atoms with Crippen molar-refractivity contribution in [3.63, 3.8) is 0 Å². The zero-order chi connectivity index (χ0) is 49.1. The molecule has 4 aliphatic heterocycles. The van der Waals surface area contributed by atoms with Crippen molar-refractivity contribution < 1.29 is 38.1 Å². The van der Waals surface area contributed by atoms with Gasteiger partial charge in [0.1, 0.15) is 24.4 Å². The van der Waals surface area contributed by atoms with Crippen molar-refractivity contribution in [2.45, 2.75) is 257 Å². The van der Waals surface area contributed by atoms with Crippen LogP contribution in [0.3, 0.4) is 0 Å². The molecule has 0 spiro atoms. The molecule has 4 saturated heterocycles. The monoisotopic (exact) mass is 917 g/mol. The maximum absolute atomic E-state index is 15.0. The number of rotatable bonds is 8. The summed E-state index contributed by atoms with van der Waals surface area (Å²) in [6.45, 7) is 34.0. The van der Waals surface area contributed by atoms with Gasteiger partial charge in [-0.3, -0.25) is 0 Å². The van der Waals surface area contributed by atoms with E-state index in [4.69, 9.17) is 18.9 Å². The van der Waals surface area contributed by atoms with Crippen molar-refractivity contribution in [2.75, 3.05) is 0 Å². The first-order valence-electron chi connectivity index (χ1n) is 24.7. The molecule has 0 saturated carbocycles. The van der Waals surface area contributed by atoms with Gasteiger partial charge in [0, 0.05) is 70.0 Å². The molecule has 12 nitrogen and oxygen atoms in total. The van der Waals surface area contributed by atoms with Crippen molar-refractivity contribution in [1.82, 2.24) is 21.3 Å². The number of nitrogens with one attached hydrogen (secondary N) is 4. The highest BCUT2D eigenvalue weighted by atomic mass is 16.6. The summed E-state index contributed by atoms with van der Waals surface area (Å²) in [7, 11) is 0. The van der Waals surface area contributed by atoms with Gasteiger partial charge >= 0.3 is 23.9 Å². The number of esters is 4. The topological polar surface area (TPSA) is 153 Å². The fourth-order valence-electron chi connectivity index (χ4n) is 12.2. The van der Waals surface area contributed by atoms with E-state index in [0.717, 1.165) is 25.7 Å². The summed E-state index contributed by atoms with van der Waals surface area (Å²) in [6, 6.07) is 6.44. The summed E-state index contributed by atoms with van der Waals surface area (Å²) in [5, 5.41) is 15.6. The first-order chi connectivity index (χ1) is 30.1. The molecule has 6 rings (SSSR count). The predicted octanol–water partition coefficient (Wildman–Crippen LogP) is 10.3. The number of fused-ring (bicyclic) bond motifs is 1. The van der Waals surface area contributed by atoms with Crippen LogP contribution in [0.1, 0.15) is 229 Å². The van der Waals surface area contributed by atoms with E-state index in [0.29, 0.717) is 62.1 Å². The van der Waals surface area contributed by atoms with E-state index in [1.165, 1.54) is 6.07 Å². The smallest absolute Gasteiger partial charge is 0.339 e. The maximum atomic E-state index is 15.0. The summed E-state index contributed by atoms with van der Waals surface area (Å²) in [4.78, 5) is 59.0. The number of carbonyl (C=O) groups excluding carboxylic acids is 4. The quantitative estimate of drug-likeness (QED) is 0.147. The second-order valence-corrected chi connectivity index (χ2v) is 25.8. The number of benzene rings is 2. The van der Waals surface area contributed by atoms with Gasteiger partial charge in [0.25, 0.3) is 0 Å². The number of hydrogen-bond donors (Lipinski definition) is 4. The van der Waals surface area contributed by atoms with Gasteiger partial charge in [-0.05, 0) is 191 Å². The van der Waals surface area contributed by atoms with E-state index in [1.807, 2.05) is 0 Å². The van der Waals surface area contributed by atoms with E-state index >= 15 is 0 Å². The van der Waals surface area contributed by atoms with Crippen LogP contribution in [0.25, 0.3) is 10.8 Å². The van der Waals surface area contributed by atoms with Gasteiger partial charge in [-0.1, -0.05) is 6.07 Å². The van der Waals surface area contributed by atoms with Crippen LogP contribution in [0.5, 0.6) is 0 Å². The Morgan fingerprint density at radius 1 is 0.394 bits per heavy atom. The third kappa shape index (κ3) is 13.6. The Morgan fingerprint density at radius 2 is 0.682 bits per heavy atom. The molecule has 4 N–H and O–H groups in total. The van der Waals surface area contributed by atoms with Gasteiger partial charge in [0.15, 0.2) is 0 Å². The van der Waals surface area contributed by atoms with Crippen LogP contribution >= 0.6 is 0 Å². The molecule has 4 atom stereocenters. The summed E-state index contributed by atoms with van der Waals surface area (Å²) in [6.07, 6.45) is 6.10. The summed E-state index contributed by atoms with van der Waals surface area (Å²) in [5.41, 5.74) is -1.99. The molecule has 2 aromatic rings. The minimum Gasteiger partial charge on any atom is -0.459 e. The molecule has 4 heterocycles. The Bertz CT molecular complexity index is 2110. The molecule has 66 heavy (non-hydrogen) atoms. The third-order valence-corrected chi connectivity index (χ3v) is 14.1. The molecule has 4 fully saturated rings. The summed E-state index contributed by atoms with van der Waals surface area (Å²) < 4.78 is 25.5. The standard InChI is InChI=1S/C54H84N4O8/c1-47(2)23-19-34(29-51(9,10)55-47)63-43(59)38-18-17-33-27-40(44(60)64-35-20-24-48(3,4)56-52(11,12)30-35)41(45(61)65-36-21-25-49(5,6)57-53(13,14)31-36)28-39(33)42(38)46(62)66-37-22-26-50(7,8)58-54(15,16)32-37/h17-18,27-28,34-37,55-58H,19-26,29-32H2,1-16H3. The molecule has 0 bridgehead atoms. The molecule has 0 radical (unpaired) electrons. The predicted molar refractivity (Wildman–Crippen MR) is 261 cm³/mol. The van der Waals surface area contributed by atoms with Crippen LogP contribution in [0, 0.1) is 0 Å². The molecule has 4 unspecified atom stereocenters. The third-order valence-electron chi connectivity index (χ3n) is 14.1. The first kappa shape index (κ1) is 51.8. The molecule has 2 aromatic carbocycles. The lowest BCUT2D eigenvalue weighted by Crippen LogP contribution is -2.51. The van der Waals surface area contributed by atoms with Crippen LogP contribution in [0.2, 0.25) is 0 Å². The zero-order valence-corrected chi connectivity index (χ0v) is 43.4. The summed E-state index contributed by atoms with van der Waals surface area (Å²) >= 11 is 0. The molecule has 4 aliphatic rings. The first-order valence-corrected chi connectivity index (χ1v) is 24.7. The minimum absolute atomic E-state index is 0.00699. The highest BCUT2D eigenvalue weighted by molar-refractivity contribution is 6.16. The van der Waals surface area contributed by atoms with Crippen molar-refractivity contribution in [2.24, 2.45) is 0 Å². The lowest BCUT2D eigenvalue weighted by atomic mass is 9.93. The van der Waals surface area contributed by atoms with Crippen molar-refractivity contribution in [3.8, 4) is 0 Å². The lowest BCUT2D eigenvalue weighted by Gasteiger charge is -2.34. The largest absolute Gasteiger partial charge is 0.459 e. The Morgan fingerprint density at radius 3 is 1.02 bits per heavy atom. The molecular weight excluding hydrogens is 833 g/mol. The Kier molecular flexibility index (Phi) is 14.4. The van der Waals surface area contributed by atoms with Gasteiger partial charge in [0.2, 0.25) is 0 Å². The van der Waals surface area contributed by atoms with E-state index in [-0.39, 0.29) is 66.6 Å². The van der Waals surface area contributed by atoms with Crippen LogP contribution in [-0.2, 0) is 18.9 Å². The van der Waals surface area contributed by atoms with Crippen LogP contribution in [0.15, 0.2) is 24.3 Å². The second-order valence-electron chi connectivity index (χ2n) is 25.8. The minimum atomic E-state index is -0.699. The maximum Gasteiger partial charge on any atom is 0.339 e.